The van der Waals surface area contributed by atoms with Crippen LogP contribution < -0.4 is 19.6 Å². The van der Waals surface area contributed by atoms with Crippen LogP contribution in [0.15, 0.2) is 77.9 Å². The lowest BCUT2D eigenvalue weighted by molar-refractivity contribution is -0.123. The van der Waals surface area contributed by atoms with Gasteiger partial charge in [-0.2, -0.15) is 5.10 Å². The van der Waals surface area contributed by atoms with Gasteiger partial charge in [0.25, 0.3) is 5.91 Å². The highest BCUT2D eigenvalue weighted by Crippen LogP contribution is 2.16. The molecule has 0 aromatic heterocycles. The Hall–Kier alpha value is -4.13. The average Bonchev–Trinajstić information content (AvgIpc) is 2.79. The summed E-state index contributed by atoms with van der Waals surface area (Å²) < 4.78 is 15.8. The van der Waals surface area contributed by atoms with Gasteiger partial charge in [-0.1, -0.05) is 12.1 Å². The monoisotopic (exact) mass is 418 g/mol. The number of benzene rings is 3. The van der Waals surface area contributed by atoms with Crippen molar-refractivity contribution < 1.29 is 23.8 Å². The van der Waals surface area contributed by atoms with Crippen molar-refractivity contribution >= 4 is 18.1 Å². The largest absolute Gasteiger partial charge is 0.497 e. The highest BCUT2D eigenvalue weighted by molar-refractivity contribution is 5.91. The molecule has 0 spiro atoms. The molecule has 0 aliphatic carbocycles. The van der Waals surface area contributed by atoms with E-state index in [1.807, 2.05) is 25.1 Å². The molecule has 0 unspecified atom stereocenters. The first kappa shape index (κ1) is 21.6. The first-order chi connectivity index (χ1) is 15.0. The van der Waals surface area contributed by atoms with Gasteiger partial charge in [0.05, 0.1) is 18.9 Å². The van der Waals surface area contributed by atoms with E-state index in [4.69, 9.17) is 14.2 Å². The fourth-order valence-corrected chi connectivity index (χ4v) is 2.58. The first-order valence-corrected chi connectivity index (χ1v) is 9.51. The van der Waals surface area contributed by atoms with Gasteiger partial charge < -0.3 is 14.2 Å². The summed E-state index contributed by atoms with van der Waals surface area (Å²) >= 11 is 0. The van der Waals surface area contributed by atoms with Gasteiger partial charge in [0, 0.05) is 0 Å². The van der Waals surface area contributed by atoms with E-state index < -0.39 is 5.97 Å². The van der Waals surface area contributed by atoms with Crippen molar-refractivity contribution in [3.8, 4) is 17.2 Å². The van der Waals surface area contributed by atoms with Crippen molar-refractivity contribution in [2.24, 2.45) is 5.10 Å². The fourth-order valence-electron chi connectivity index (χ4n) is 2.58. The molecule has 0 saturated carbocycles. The number of rotatable bonds is 8. The zero-order valence-electron chi connectivity index (χ0n) is 17.2. The smallest absolute Gasteiger partial charge is 0.343 e. The van der Waals surface area contributed by atoms with Crippen molar-refractivity contribution in [3.05, 3.63) is 89.5 Å². The molecule has 1 N–H and O–H groups in total. The molecule has 0 aliphatic heterocycles. The molecule has 0 bridgehead atoms. The number of amides is 1. The SMILES string of the molecule is COc1ccc(C(=O)Oc2ccc(/C=N/NC(=O)COc3cccc(C)c3)cc2)cc1. The number of carbonyl (C=O) groups is 2. The van der Waals surface area contributed by atoms with Crippen LogP contribution in [0.1, 0.15) is 21.5 Å². The van der Waals surface area contributed by atoms with E-state index in [1.165, 1.54) is 6.21 Å². The normalized spacial score (nSPS) is 10.5. The molecule has 158 valence electrons. The van der Waals surface area contributed by atoms with E-state index >= 15 is 0 Å². The van der Waals surface area contributed by atoms with Gasteiger partial charge in [-0.05, 0) is 78.7 Å². The molecule has 0 saturated heterocycles. The average molecular weight is 418 g/mol. The molecule has 31 heavy (non-hydrogen) atoms. The van der Waals surface area contributed by atoms with Gasteiger partial charge in [0.15, 0.2) is 6.61 Å². The minimum absolute atomic E-state index is 0.138. The minimum atomic E-state index is -0.468. The summed E-state index contributed by atoms with van der Waals surface area (Å²) in [5, 5.41) is 3.90. The third-order valence-electron chi connectivity index (χ3n) is 4.18. The molecule has 1 amide bonds. The van der Waals surface area contributed by atoms with Gasteiger partial charge in [-0.15, -0.1) is 0 Å². The number of hydrogen-bond donors (Lipinski definition) is 1. The lowest BCUT2D eigenvalue weighted by atomic mass is 10.2. The Labute approximate surface area is 180 Å². The molecule has 0 fully saturated rings. The Morgan fingerprint density at radius 3 is 2.32 bits per heavy atom. The van der Waals surface area contributed by atoms with Crippen LogP contribution in [0.5, 0.6) is 17.2 Å². The Bertz CT molecular complexity index is 1060. The number of carbonyl (C=O) groups excluding carboxylic acids is 2. The number of esters is 1. The second kappa shape index (κ2) is 10.6. The maximum absolute atomic E-state index is 12.2. The zero-order chi connectivity index (χ0) is 22.1. The van der Waals surface area contributed by atoms with Crippen molar-refractivity contribution in [1.82, 2.24) is 5.43 Å². The molecule has 7 heteroatoms. The van der Waals surface area contributed by atoms with Gasteiger partial charge >= 0.3 is 5.97 Å². The highest BCUT2D eigenvalue weighted by atomic mass is 16.5. The quantitative estimate of drug-likeness (QED) is 0.261. The van der Waals surface area contributed by atoms with Crippen molar-refractivity contribution in [2.75, 3.05) is 13.7 Å². The van der Waals surface area contributed by atoms with Crippen molar-refractivity contribution in [1.29, 1.82) is 0 Å². The Balaban J connectivity index is 1.46. The van der Waals surface area contributed by atoms with Gasteiger partial charge in [-0.25, -0.2) is 10.2 Å². The number of nitrogens with one attached hydrogen (secondary N) is 1. The van der Waals surface area contributed by atoms with Crippen LogP contribution in [0.25, 0.3) is 0 Å². The van der Waals surface area contributed by atoms with E-state index in [1.54, 1.807) is 61.7 Å². The second-order valence-corrected chi connectivity index (χ2v) is 6.59. The minimum Gasteiger partial charge on any atom is -0.497 e. The van der Waals surface area contributed by atoms with Crippen LogP contribution >= 0.6 is 0 Å². The van der Waals surface area contributed by atoms with Crippen LogP contribution in [0.4, 0.5) is 0 Å². The van der Waals surface area contributed by atoms with E-state index in [9.17, 15) is 9.59 Å². The Morgan fingerprint density at radius 2 is 1.65 bits per heavy atom. The maximum Gasteiger partial charge on any atom is 0.343 e. The number of methoxy groups -OCH3 is 1. The molecular weight excluding hydrogens is 396 g/mol. The predicted molar refractivity (Wildman–Crippen MR) is 117 cm³/mol. The number of ether oxygens (including phenoxy) is 3. The second-order valence-electron chi connectivity index (χ2n) is 6.59. The zero-order valence-corrected chi connectivity index (χ0v) is 17.2. The van der Waals surface area contributed by atoms with Crippen LogP contribution in [0.3, 0.4) is 0 Å². The van der Waals surface area contributed by atoms with Crippen LogP contribution in [-0.2, 0) is 4.79 Å². The number of hydrogen-bond acceptors (Lipinski definition) is 6. The lowest BCUT2D eigenvalue weighted by Gasteiger charge is -2.06. The summed E-state index contributed by atoms with van der Waals surface area (Å²) in [6.07, 6.45) is 1.49. The van der Waals surface area contributed by atoms with Crippen molar-refractivity contribution in [3.63, 3.8) is 0 Å². The Kier molecular flexibility index (Phi) is 7.37. The summed E-state index contributed by atoms with van der Waals surface area (Å²) in [6.45, 7) is 1.81. The summed E-state index contributed by atoms with van der Waals surface area (Å²) in [7, 11) is 1.56. The first-order valence-electron chi connectivity index (χ1n) is 9.51. The molecule has 0 aliphatic rings. The lowest BCUT2D eigenvalue weighted by Crippen LogP contribution is -2.24. The van der Waals surface area contributed by atoms with E-state index in [2.05, 4.69) is 10.5 Å². The van der Waals surface area contributed by atoms with Gasteiger partial charge in [0.1, 0.15) is 17.2 Å². The molecule has 0 heterocycles. The summed E-state index contributed by atoms with van der Waals surface area (Å²) in [4.78, 5) is 24.0. The van der Waals surface area contributed by atoms with Crippen LogP contribution in [-0.4, -0.2) is 31.8 Å². The number of nitrogens with zero attached hydrogens (tertiary/aromatic N) is 1. The Morgan fingerprint density at radius 1 is 0.935 bits per heavy atom. The van der Waals surface area contributed by atoms with Gasteiger partial charge in [0.2, 0.25) is 0 Å². The molecule has 3 aromatic carbocycles. The number of hydrazone groups is 1. The number of aryl methyl sites for hydroxylation is 1. The molecule has 3 rings (SSSR count). The highest BCUT2D eigenvalue weighted by Gasteiger charge is 2.08. The van der Waals surface area contributed by atoms with E-state index in [0.29, 0.717) is 22.8 Å². The summed E-state index contributed by atoms with van der Waals surface area (Å²) in [5.41, 5.74) is 4.60. The fraction of sp³-hybridized carbons (Fsp3) is 0.125. The molecular formula is C24H22N2O5. The van der Waals surface area contributed by atoms with Crippen LogP contribution in [0.2, 0.25) is 0 Å². The molecule has 3 aromatic rings. The topological polar surface area (TPSA) is 86.2 Å². The van der Waals surface area contributed by atoms with E-state index in [-0.39, 0.29) is 12.5 Å². The van der Waals surface area contributed by atoms with Gasteiger partial charge in [-0.3, -0.25) is 4.79 Å². The van der Waals surface area contributed by atoms with Crippen molar-refractivity contribution in [2.45, 2.75) is 6.92 Å². The third kappa shape index (κ3) is 6.71. The maximum atomic E-state index is 12.2. The predicted octanol–water partition coefficient (Wildman–Crippen LogP) is 3.75. The standard InChI is InChI=1S/C24H22N2O5/c1-17-4-3-5-22(14-17)30-16-23(27)26-25-15-18-6-10-21(11-7-18)31-24(28)19-8-12-20(29-2)13-9-19/h3-15H,16H2,1-2H3,(H,26,27)/b25-15+. The molecule has 0 atom stereocenters. The summed E-state index contributed by atoms with van der Waals surface area (Å²) in [6, 6.07) is 20.8. The van der Waals surface area contributed by atoms with E-state index in [0.717, 1.165) is 11.1 Å². The third-order valence-corrected chi connectivity index (χ3v) is 4.18. The van der Waals surface area contributed by atoms with Crippen LogP contribution in [0, 0.1) is 6.92 Å². The molecule has 0 radical (unpaired) electrons. The molecule has 7 nitrogen and oxygen atoms in total. The summed E-state index contributed by atoms with van der Waals surface area (Å²) in [5.74, 6) is 0.842.